The Morgan fingerprint density at radius 3 is 2.61 bits per heavy atom. The first-order valence-corrected chi connectivity index (χ1v) is 13.6. The summed E-state index contributed by atoms with van der Waals surface area (Å²) in [5, 5.41) is 8.76. The highest BCUT2D eigenvalue weighted by Crippen LogP contribution is 2.37. The summed E-state index contributed by atoms with van der Waals surface area (Å²) in [6, 6.07) is 11.4. The molecule has 0 radical (unpaired) electrons. The third-order valence-electron chi connectivity index (χ3n) is 6.46. The molecule has 0 unspecified atom stereocenters. The van der Waals surface area contributed by atoms with Crippen LogP contribution in [0.1, 0.15) is 49.5 Å². The summed E-state index contributed by atoms with van der Waals surface area (Å²) in [6.07, 6.45) is 4.31. The van der Waals surface area contributed by atoms with Crippen molar-refractivity contribution in [2.75, 3.05) is 13.1 Å². The molecule has 3 aromatic rings. The Balaban J connectivity index is 1.18. The fourth-order valence-electron chi connectivity index (χ4n) is 4.16. The van der Waals surface area contributed by atoms with E-state index in [1.165, 1.54) is 10.7 Å². The lowest BCUT2D eigenvalue weighted by atomic mass is 9.85. The molecular formula is C23H26N4O4S2. The van der Waals surface area contributed by atoms with Crippen LogP contribution in [0.15, 0.2) is 50.5 Å². The van der Waals surface area contributed by atoms with Gasteiger partial charge in [-0.15, -0.1) is 11.3 Å². The van der Waals surface area contributed by atoms with Crippen molar-refractivity contribution in [3.8, 4) is 11.4 Å². The molecule has 0 atom stereocenters. The molecule has 1 aliphatic heterocycles. The lowest BCUT2D eigenvalue weighted by molar-refractivity contribution is -0.126. The van der Waals surface area contributed by atoms with Crippen molar-refractivity contribution in [1.82, 2.24) is 19.8 Å². The minimum Gasteiger partial charge on any atom is -0.352 e. The van der Waals surface area contributed by atoms with E-state index in [0.717, 1.165) is 29.7 Å². The van der Waals surface area contributed by atoms with Crippen molar-refractivity contribution < 1.29 is 17.7 Å². The third kappa shape index (κ3) is 4.73. The van der Waals surface area contributed by atoms with Crippen LogP contribution in [0.3, 0.4) is 0 Å². The molecule has 33 heavy (non-hydrogen) atoms. The number of benzene rings is 1. The second-order valence-corrected chi connectivity index (χ2v) is 11.7. The molecule has 1 aromatic carbocycles. The summed E-state index contributed by atoms with van der Waals surface area (Å²) in [5.74, 6) is 1.21. The second kappa shape index (κ2) is 9.36. The molecule has 3 heterocycles. The van der Waals surface area contributed by atoms with Gasteiger partial charge in [0.15, 0.2) is 0 Å². The number of nitrogens with zero attached hydrogens (tertiary/aromatic N) is 3. The highest BCUT2D eigenvalue weighted by molar-refractivity contribution is 7.91. The van der Waals surface area contributed by atoms with Crippen molar-refractivity contribution in [1.29, 1.82) is 0 Å². The highest BCUT2D eigenvalue weighted by atomic mass is 32.2. The van der Waals surface area contributed by atoms with Gasteiger partial charge in [0.05, 0.1) is 0 Å². The van der Waals surface area contributed by atoms with Crippen LogP contribution in [-0.4, -0.2) is 41.9 Å². The standard InChI is InChI=1S/C23H26N4O4S2/c28-22(24-14-16-5-2-1-3-6-16)17-9-11-27(12-10-17)33(29,30)20-13-19(15-32-20)21-25-23(31-26-21)18-7-4-8-18/h1-3,5-6,13,15,17-18H,4,7-12,14H2,(H,24,28). The Hall–Kier alpha value is -2.56. The maximum absolute atomic E-state index is 13.2. The predicted octanol–water partition coefficient (Wildman–Crippen LogP) is 3.78. The molecule has 1 N–H and O–H groups in total. The maximum atomic E-state index is 13.2. The van der Waals surface area contributed by atoms with Crippen LogP contribution in [0.25, 0.3) is 11.4 Å². The molecular weight excluding hydrogens is 460 g/mol. The van der Waals surface area contributed by atoms with E-state index in [4.69, 9.17) is 4.52 Å². The fraction of sp³-hybridized carbons (Fsp3) is 0.435. The molecule has 8 nitrogen and oxygen atoms in total. The SMILES string of the molecule is O=C(NCc1ccccc1)C1CCN(S(=O)(=O)c2cc(-c3noc(C4CCC4)n3)cs2)CC1. The number of hydrogen-bond acceptors (Lipinski definition) is 7. The van der Waals surface area contributed by atoms with Gasteiger partial charge in [0.1, 0.15) is 4.21 Å². The van der Waals surface area contributed by atoms with Crippen LogP contribution in [0.2, 0.25) is 0 Å². The summed E-state index contributed by atoms with van der Waals surface area (Å²) in [5.41, 5.74) is 1.70. The van der Waals surface area contributed by atoms with Gasteiger partial charge in [-0.3, -0.25) is 4.79 Å². The number of thiophene rings is 1. The number of aromatic nitrogens is 2. The van der Waals surface area contributed by atoms with Gasteiger partial charge >= 0.3 is 0 Å². The molecule has 10 heteroatoms. The Morgan fingerprint density at radius 1 is 1.15 bits per heavy atom. The molecule has 174 valence electrons. The molecule has 0 spiro atoms. The zero-order chi connectivity index (χ0) is 22.8. The number of amides is 1. The molecule has 1 amide bonds. The zero-order valence-corrected chi connectivity index (χ0v) is 19.8. The van der Waals surface area contributed by atoms with E-state index >= 15 is 0 Å². The van der Waals surface area contributed by atoms with E-state index in [2.05, 4.69) is 15.5 Å². The normalized spacial score (nSPS) is 18.2. The highest BCUT2D eigenvalue weighted by Gasteiger charge is 2.33. The molecule has 2 aliphatic rings. The number of piperidine rings is 1. The van der Waals surface area contributed by atoms with Gasteiger partial charge in [0, 0.05) is 42.4 Å². The Morgan fingerprint density at radius 2 is 1.91 bits per heavy atom. The van der Waals surface area contributed by atoms with Crippen molar-refractivity contribution in [3.05, 3.63) is 53.2 Å². The first-order valence-electron chi connectivity index (χ1n) is 11.2. The van der Waals surface area contributed by atoms with E-state index in [1.807, 2.05) is 30.3 Å². The zero-order valence-electron chi connectivity index (χ0n) is 18.1. The van der Waals surface area contributed by atoms with E-state index in [-0.39, 0.29) is 16.0 Å². The van der Waals surface area contributed by atoms with Crippen LogP contribution in [-0.2, 0) is 21.4 Å². The van der Waals surface area contributed by atoms with E-state index in [9.17, 15) is 13.2 Å². The third-order valence-corrected chi connectivity index (χ3v) is 9.77. The summed E-state index contributed by atoms with van der Waals surface area (Å²) < 4.78 is 33.4. The van der Waals surface area contributed by atoms with E-state index in [0.29, 0.717) is 55.7 Å². The summed E-state index contributed by atoms with van der Waals surface area (Å²) >= 11 is 1.16. The molecule has 0 bridgehead atoms. The lowest BCUT2D eigenvalue weighted by Gasteiger charge is -2.30. The maximum Gasteiger partial charge on any atom is 0.252 e. The van der Waals surface area contributed by atoms with Crippen LogP contribution >= 0.6 is 11.3 Å². The van der Waals surface area contributed by atoms with Gasteiger partial charge < -0.3 is 9.84 Å². The number of rotatable bonds is 7. The second-order valence-electron chi connectivity index (χ2n) is 8.62. The molecule has 2 fully saturated rings. The lowest BCUT2D eigenvalue weighted by Crippen LogP contribution is -2.42. The largest absolute Gasteiger partial charge is 0.352 e. The Bertz CT molecular complexity index is 1210. The Labute approximate surface area is 197 Å². The average molecular weight is 487 g/mol. The van der Waals surface area contributed by atoms with Crippen LogP contribution in [0, 0.1) is 5.92 Å². The summed E-state index contributed by atoms with van der Waals surface area (Å²) in [7, 11) is -3.62. The van der Waals surface area contributed by atoms with Gasteiger partial charge in [-0.25, -0.2) is 8.42 Å². The van der Waals surface area contributed by atoms with Gasteiger partial charge in [-0.05, 0) is 37.3 Å². The summed E-state index contributed by atoms with van der Waals surface area (Å²) in [4.78, 5) is 17.0. The predicted molar refractivity (Wildman–Crippen MR) is 124 cm³/mol. The molecule has 1 saturated heterocycles. The molecule has 1 saturated carbocycles. The van der Waals surface area contributed by atoms with Crippen molar-refractivity contribution in [2.45, 2.75) is 48.8 Å². The van der Waals surface area contributed by atoms with E-state index in [1.54, 1.807) is 11.4 Å². The smallest absolute Gasteiger partial charge is 0.252 e. The number of carbonyl (C=O) groups excluding carboxylic acids is 1. The monoisotopic (exact) mass is 486 g/mol. The topological polar surface area (TPSA) is 105 Å². The van der Waals surface area contributed by atoms with Crippen molar-refractivity contribution in [3.63, 3.8) is 0 Å². The molecule has 2 aromatic heterocycles. The quantitative estimate of drug-likeness (QED) is 0.545. The van der Waals surface area contributed by atoms with Gasteiger partial charge in [-0.2, -0.15) is 9.29 Å². The first kappa shape index (κ1) is 22.2. The van der Waals surface area contributed by atoms with Crippen LogP contribution < -0.4 is 5.32 Å². The minimum absolute atomic E-state index is 0.0197. The van der Waals surface area contributed by atoms with Crippen molar-refractivity contribution in [2.24, 2.45) is 5.92 Å². The van der Waals surface area contributed by atoms with Gasteiger partial charge in [0.2, 0.25) is 17.6 Å². The molecule has 5 rings (SSSR count). The minimum atomic E-state index is -3.62. The number of sulfonamides is 1. The number of carbonyl (C=O) groups is 1. The number of nitrogens with one attached hydrogen (secondary N) is 1. The number of hydrogen-bond donors (Lipinski definition) is 1. The van der Waals surface area contributed by atoms with Crippen LogP contribution in [0.4, 0.5) is 0 Å². The Kier molecular flexibility index (Phi) is 6.31. The molecule has 1 aliphatic carbocycles. The summed E-state index contributed by atoms with van der Waals surface area (Å²) in [6.45, 7) is 1.13. The van der Waals surface area contributed by atoms with Gasteiger partial charge in [-0.1, -0.05) is 41.9 Å². The first-order chi connectivity index (χ1) is 16.0. The van der Waals surface area contributed by atoms with Crippen molar-refractivity contribution >= 4 is 27.3 Å². The van der Waals surface area contributed by atoms with Crippen LogP contribution in [0.5, 0.6) is 0 Å². The average Bonchev–Trinajstić information content (AvgIpc) is 3.47. The van der Waals surface area contributed by atoms with E-state index < -0.39 is 10.0 Å². The fourth-order valence-corrected chi connectivity index (χ4v) is 6.94. The van der Waals surface area contributed by atoms with Gasteiger partial charge in [0.25, 0.3) is 10.0 Å².